The summed E-state index contributed by atoms with van der Waals surface area (Å²) < 4.78 is 32.3. The summed E-state index contributed by atoms with van der Waals surface area (Å²) in [6.45, 7) is 2.92. The molecule has 8 nitrogen and oxygen atoms in total. The lowest BCUT2D eigenvalue weighted by molar-refractivity contribution is 0.0520. The number of benzene rings is 1. The minimum Gasteiger partial charge on any atom is -0.461 e. The topological polar surface area (TPSA) is 106 Å². The van der Waals surface area contributed by atoms with Crippen LogP contribution in [0.25, 0.3) is 0 Å². The van der Waals surface area contributed by atoms with Gasteiger partial charge in [0.05, 0.1) is 11.5 Å². The molecule has 3 rings (SSSR count). The van der Waals surface area contributed by atoms with Gasteiger partial charge in [0.2, 0.25) is 10.0 Å². The molecular formula is C19H23N3O5S2. The Balaban J connectivity index is 1.75. The van der Waals surface area contributed by atoms with Gasteiger partial charge in [-0.15, -0.1) is 11.3 Å². The summed E-state index contributed by atoms with van der Waals surface area (Å²) in [5, 5.41) is 4.32. The maximum atomic E-state index is 12.9. The van der Waals surface area contributed by atoms with E-state index in [1.165, 1.54) is 27.9 Å². The summed E-state index contributed by atoms with van der Waals surface area (Å²) >= 11 is 1.09. The fourth-order valence-corrected chi connectivity index (χ4v) is 5.27. The minimum absolute atomic E-state index is 0.0957. The number of nitrogens with one attached hydrogen (secondary N) is 1. The SMILES string of the molecule is CCOC(=O)c1csc(NC(=O)c2cccc(S(=O)(=O)N3CCCCCC3)c2)n1. The number of sulfonamides is 1. The van der Waals surface area contributed by atoms with Crippen molar-refractivity contribution in [2.24, 2.45) is 0 Å². The number of aromatic nitrogens is 1. The maximum absolute atomic E-state index is 12.9. The van der Waals surface area contributed by atoms with Crippen LogP contribution in [0.3, 0.4) is 0 Å². The molecule has 1 saturated heterocycles. The molecule has 1 fully saturated rings. The zero-order valence-corrected chi connectivity index (χ0v) is 17.7. The molecule has 0 radical (unpaired) electrons. The lowest BCUT2D eigenvalue weighted by Gasteiger charge is -2.20. The quantitative estimate of drug-likeness (QED) is 0.696. The fourth-order valence-electron chi connectivity index (χ4n) is 3.03. The maximum Gasteiger partial charge on any atom is 0.357 e. The first kappa shape index (κ1) is 21.4. The average molecular weight is 438 g/mol. The number of rotatable bonds is 6. The fraction of sp³-hybridized carbons (Fsp3) is 0.421. The van der Waals surface area contributed by atoms with E-state index in [9.17, 15) is 18.0 Å². The molecule has 0 aliphatic carbocycles. The highest BCUT2D eigenvalue weighted by atomic mass is 32.2. The van der Waals surface area contributed by atoms with E-state index >= 15 is 0 Å². The van der Waals surface area contributed by atoms with Gasteiger partial charge in [-0.2, -0.15) is 4.31 Å². The number of esters is 1. The Labute approximate surface area is 173 Å². The molecule has 0 spiro atoms. The van der Waals surface area contributed by atoms with Crippen LogP contribution in [-0.2, 0) is 14.8 Å². The van der Waals surface area contributed by atoms with E-state index in [-0.39, 0.29) is 27.9 Å². The van der Waals surface area contributed by atoms with E-state index in [1.807, 2.05) is 0 Å². The molecule has 2 aromatic rings. The van der Waals surface area contributed by atoms with Crippen LogP contribution in [0.2, 0.25) is 0 Å². The number of ether oxygens (including phenoxy) is 1. The largest absolute Gasteiger partial charge is 0.461 e. The van der Waals surface area contributed by atoms with Gasteiger partial charge in [0.25, 0.3) is 5.91 Å². The molecule has 2 heterocycles. The van der Waals surface area contributed by atoms with E-state index in [4.69, 9.17) is 4.74 Å². The molecule has 0 saturated carbocycles. The van der Waals surface area contributed by atoms with Gasteiger partial charge in [-0.25, -0.2) is 18.2 Å². The third kappa shape index (κ3) is 5.20. The highest BCUT2D eigenvalue weighted by molar-refractivity contribution is 7.89. The number of carbonyl (C=O) groups excluding carboxylic acids is 2. The first-order valence-electron chi connectivity index (χ1n) is 9.46. The van der Waals surface area contributed by atoms with Crippen molar-refractivity contribution in [2.75, 3.05) is 25.0 Å². The molecule has 0 atom stereocenters. The Kier molecular flexibility index (Phi) is 6.99. The Hall–Kier alpha value is -2.30. The van der Waals surface area contributed by atoms with E-state index < -0.39 is 21.9 Å². The standard InChI is InChI=1S/C19H23N3O5S2/c1-2-27-18(24)16-13-28-19(20-16)21-17(23)14-8-7-9-15(12-14)29(25,26)22-10-5-3-4-6-11-22/h7-9,12-13H,2-6,10-11H2,1H3,(H,20,21,23). The summed E-state index contributed by atoms with van der Waals surface area (Å²) in [6, 6.07) is 5.96. The highest BCUT2D eigenvalue weighted by Crippen LogP contribution is 2.22. The van der Waals surface area contributed by atoms with E-state index in [2.05, 4.69) is 10.3 Å². The predicted molar refractivity (Wildman–Crippen MR) is 110 cm³/mol. The van der Waals surface area contributed by atoms with Crippen LogP contribution in [0.15, 0.2) is 34.5 Å². The second kappa shape index (κ2) is 9.47. The van der Waals surface area contributed by atoms with E-state index in [0.717, 1.165) is 37.0 Å². The number of carbonyl (C=O) groups is 2. The molecule has 1 aromatic carbocycles. The van der Waals surface area contributed by atoms with Crippen molar-refractivity contribution in [2.45, 2.75) is 37.5 Å². The smallest absolute Gasteiger partial charge is 0.357 e. The van der Waals surface area contributed by atoms with Crippen LogP contribution in [0.4, 0.5) is 5.13 Å². The molecule has 1 aliphatic heterocycles. The van der Waals surface area contributed by atoms with E-state index in [0.29, 0.717) is 13.1 Å². The Morgan fingerprint density at radius 2 is 1.93 bits per heavy atom. The van der Waals surface area contributed by atoms with Crippen LogP contribution in [-0.4, -0.2) is 49.3 Å². The van der Waals surface area contributed by atoms with Gasteiger partial charge in [0, 0.05) is 24.0 Å². The first-order chi connectivity index (χ1) is 13.9. The number of hydrogen-bond acceptors (Lipinski definition) is 7. The Morgan fingerprint density at radius 1 is 1.21 bits per heavy atom. The van der Waals surface area contributed by atoms with Crippen LogP contribution < -0.4 is 5.32 Å². The van der Waals surface area contributed by atoms with Gasteiger partial charge in [-0.05, 0) is 38.0 Å². The number of hydrogen-bond donors (Lipinski definition) is 1. The molecule has 29 heavy (non-hydrogen) atoms. The van der Waals surface area contributed by atoms with Crippen molar-refractivity contribution in [3.05, 3.63) is 40.9 Å². The Bertz CT molecular complexity index is 979. The van der Waals surface area contributed by atoms with Crippen LogP contribution >= 0.6 is 11.3 Å². The normalized spacial score (nSPS) is 15.5. The molecule has 1 aromatic heterocycles. The van der Waals surface area contributed by atoms with Crippen molar-refractivity contribution in [1.82, 2.24) is 9.29 Å². The summed E-state index contributed by atoms with van der Waals surface area (Å²) in [5.41, 5.74) is 0.318. The summed E-state index contributed by atoms with van der Waals surface area (Å²) in [5.74, 6) is -1.06. The van der Waals surface area contributed by atoms with Crippen LogP contribution in [0.5, 0.6) is 0 Å². The molecule has 0 unspecified atom stereocenters. The summed E-state index contributed by atoms with van der Waals surface area (Å²) in [4.78, 5) is 28.4. The van der Waals surface area contributed by atoms with Gasteiger partial charge < -0.3 is 4.74 Å². The number of anilines is 1. The van der Waals surface area contributed by atoms with Crippen molar-refractivity contribution < 1.29 is 22.7 Å². The molecule has 156 valence electrons. The second-order valence-electron chi connectivity index (χ2n) is 6.56. The van der Waals surface area contributed by atoms with Gasteiger partial charge in [-0.3, -0.25) is 10.1 Å². The predicted octanol–water partition coefficient (Wildman–Crippen LogP) is 3.14. The molecule has 0 bridgehead atoms. The third-order valence-electron chi connectivity index (χ3n) is 4.51. The highest BCUT2D eigenvalue weighted by Gasteiger charge is 2.26. The third-order valence-corrected chi connectivity index (χ3v) is 7.16. The van der Waals surface area contributed by atoms with Crippen LogP contribution in [0.1, 0.15) is 53.5 Å². The van der Waals surface area contributed by atoms with Gasteiger partial charge in [0.1, 0.15) is 0 Å². The average Bonchev–Trinajstić information content (AvgIpc) is 2.99. The zero-order valence-electron chi connectivity index (χ0n) is 16.1. The molecule has 1 aliphatic rings. The van der Waals surface area contributed by atoms with Gasteiger partial charge in [0.15, 0.2) is 10.8 Å². The first-order valence-corrected chi connectivity index (χ1v) is 11.8. The summed E-state index contributed by atoms with van der Waals surface area (Å²) in [6.07, 6.45) is 3.73. The second-order valence-corrected chi connectivity index (χ2v) is 9.35. The van der Waals surface area contributed by atoms with Gasteiger partial charge in [-0.1, -0.05) is 18.9 Å². The van der Waals surface area contributed by atoms with E-state index in [1.54, 1.807) is 13.0 Å². The Morgan fingerprint density at radius 3 is 2.62 bits per heavy atom. The zero-order chi connectivity index (χ0) is 20.9. The molecule has 1 amide bonds. The monoisotopic (exact) mass is 437 g/mol. The molecule has 10 heteroatoms. The van der Waals surface area contributed by atoms with Crippen molar-refractivity contribution in [1.29, 1.82) is 0 Å². The van der Waals surface area contributed by atoms with Crippen LogP contribution in [0, 0.1) is 0 Å². The molecule has 1 N–H and O–H groups in total. The number of amides is 1. The minimum atomic E-state index is -3.65. The summed E-state index contributed by atoms with van der Waals surface area (Å²) in [7, 11) is -3.65. The van der Waals surface area contributed by atoms with Crippen molar-refractivity contribution in [3.63, 3.8) is 0 Å². The van der Waals surface area contributed by atoms with Crippen molar-refractivity contribution >= 4 is 38.4 Å². The number of thiazole rings is 1. The van der Waals surface area contributed by atoms with Gasteiger partial charge >= 0.3 is 5.97 Å². The lowest BCUT2D eigenvalue weighted by atomic mass is 10.2. The number of nitrogens with zero attached hydrogens (tertiary/aromatic N) is 2. The molecular weight excluding hydrogens is 414 g/mol. The lowest BCUT2D eigenvalue weighted by Crippen LogP contribution is -2.32. The van der Waals surface area contributed by atoms with Crippen molar-refractivity contribution in [3.8, 4) is 0 Å².